The van der Waals surface area contributed by atoms with Gasteiger partial charge in [0, 0.05) is 10.7 Å². The molecule has 0 aliphatic rings. The van der Waals surface area contributed by atoms with E-state index in [4.69, 9.17) is 34.8 Å². The summed E-state index contributed by atoms with van der Waals surface area (Å²) in [6.45, 7) is 0. The zero-order chi connectivity index (χ0) is 22.2. The van der Waals surface area contributed by atoms with E-state index in [0.29, 0.717) is 16.7 Å². The third-order valence-corrected chi connectivity index (χ3v) is 6.51. The molecular formula is C20H12Cl3FN4O2S. The maximum absolute atomic E-state index is 13.5. The summed E-state index contributed by atoms with van der Waals surface area (Å²) in [5.41, 5.74) is 1.36. The minimum atomic E-state index is -4.16. The standard InChI is InChI=1S/C20H12Cl3FN4O2S/c21-11-5-7-13(22)18(9-11)31(29,30)28-20-19(25-12-6-8-15(24)14(23)10-12)26-16-3-1-2-4-17(16)27-20/h1-10H,(H,25,26)(H,27,28). The Labute approximate surface area is 192 Å². The summed E-state index contributed by atoms with van der Waals surface area (Å²) in [4.78, 5) is 8.60. The van der Waals surface area contributed by atoms with Crippen LogP contribution in [0.2, 0.25) is 15.1 Å². The average molecular weight is 498 g/mol. The first kappa shape index (κ1) is 21.6. The lowest BCUT2D eigenvalue weighted by Gasteiger charge is -2.15. The molecule has 4 rings (SSSR count). The van der Waals surface area contributed by atoms with E-state index < -0.39 is 15.8 Å². The van der Waals surface area contributed by atoms with Crippen molar-refractivity contribution in [1.29, 1.82) is 0 Å². The molecule has 0 fully saturated rings. The van der Waals surface area contributed by atoms with Gasteiger partial charge in [-0.3, -0.25) is 4.72 Å². The number of hydrogen-bond acceptors (Lipinski definition) is 5. The number of benzene rings is 3. The summed E-state index contributed by atoms with van der Waals surface area (Å²) < 4.78 is 41.9. The second-order valence-corrected chi connectivity index (χ2v) is 9.25. The Balaban J connectivity index is 1.81. The van der Waals surface area contributed by atoms with Gasteiger partial charge in [0.1, 0.15) is 10.7 Å². The molecule has 0 radical (unpaired) electrons. The third kappa shape index (κ3) is 4.67. The molecule has 2 N–H and O–H groups in total. The Kier molecular flexibility index (Phi) is 5.90. The van der Waals surface area contributed by atoms with Gasteiger partial charge in [-0.05, 0) is 48.5 Å². The van der Waals surface area contributed by atoms with Crippen LogP contribution in [0.4, 0.5) is 21.7 Å². The molecular weight excluding hydrogens is 486 g/mol. The smallest absolute Gasteiger partial charge is 0.264 e. The monoisotopic (exact) mass is 496 g/mol. The van der Waals surface area contributed by atoms with E-state index in [-0.39, 0.29) is 31.6 Å². The van der Waals surface area contributed by atoms with Gasteiger partial charge in [0.15, 0.2) is 11.6 Å². The van der Waals surface area contributed by atoms with Gasteiger partial charge in [0.05, 0.1) is 21.1 Å². The van der Waals surface area contributed by atoms with Gasteiger partial charge >= 0.3 is 0 Å². The van der Waals surface area contributed by atoms with Crippen LogP contribution in [0.15, 0.2) is 65.6 Å². The summed E-state index contributed by atoms with van der Waals surface area (Å²) >= 11 is 17.8. The van der Waals surface area contributed by atoms with Gasteiger partial charge in [0.25, 0.3) is 10.0 Å². The minimum absolute atomic E-state index is 0.00882. The predicted octanol–water partition coefficient (Wildman–Crippen LogP) is 6.27. The number of hydrogen-bond donors (Lipinski definition) is 2. The van der Waals surface area contributed by atoms with Crippen molar-refractivity contribution in [2.45, 2.75) is 4.90 Å². The lowest BCUT2D eigenvalue weighted by atomic mass is 10.3. The van der Waals surface area contributed by atoms with Gasteiger partial charge in [-0.1, -0.05) is 46.9 Å². The SMILES string of the molecule is O=S(=O)(Nc1nc2ccccc2nc1Nc1ccc(F)c(Cl)c1)c1cc(Cl)ccc1Cl. The van der Waals surface area contributed by atoms with Crippen molar-refractivity contribution in [2.75, 3.05) is 10.0 Å². The molecule has 0 saturated carbocycles. The summed E-state index contributed by atoms with van der Waals surface area (Å²) in [7, 11) is -4.16. The van der Waals surface area contributed by atoms with Crippen LogP contribution in [0.5, 0.6) is 0 Å². The first-order valence-corrected chi connectivity index (χ1v) is 11.3. The lowest BCUT2D eigenvalue weighted by Crippen LogP contribution is -2.16. The van der Waals surface area contributed by atoms with Crippen molar-refractivity contribution >= 4 is 73.2 Å². The van der Waals surface area contributed by atoms with Crippen molar-refractivity contribution < 1.29 is 12.8 Å². The van der Waals surface area contributed by atoms with Crippen LogP contribution < -0.4 is 10.0 Å². The maximum atomic E-state index is 13.5. The van der Waals surface area contributed by atoms with Crippen LogP contribution >= 0.6 is 34.8 Å². The molecule has 0 bridgehead atoms. The number of anilines is 3. The topological polar surface area (TPSA) is 84.0 Å². The molecule has 1 aromatic heterocycles. The quantitative estimate of drug-likeness (QED) is 0.339. The van der Waals surface area contributed by atoms with Crippen LogP contribution in [-0.4, -0.2) is 18.4 Å². The lowest BCUT2D eigenvalue weighted by molar-refractivity contribution is 0.601. The fourth-order valence-electron chi connectivity index (χ4n) is 2.73. The van der Waals surface area contributed by atoms with Crippen LogP contribution in [-0.2, 0) is 10.0 Å². The van der Waals surface area contributed by atoms with Crippen molar-refractivity contribution in [2.24, 2.45) is 0 Å². The van der Waals surface area contributed by atoms with Crippen LogP contribution in [0, 0.1) is 5.82 Å². The maximum Gasteiger partial charge on any atom is 0.264 e. The first-order valence-electron chi connectivity index (χ1n) is 8.70. The van der Waals surface area contributed by atoms with Gasteiger partial charge in [-0.2, -0.15) is 0 Å². The number of aromatic nitrogens is 2. The Morgan fingerprint density at radius 2 is 1.48 bits per heavy atom. The molecule has 0 unspecified atom stereocenters. The van der Waals surface area contributed by atoms with Crippen molar-refractivity contribution in [3.05, 3.63) is 81.5 Å². The molecule has 0 atom stereocenters. The number of halogens is 4. The van der Waals surface area contributed by atoms with Gasteiger partial charge in [-0.15, -0.1) is 0 Å². The highest BCUT2D eigenvalue weighted by Crippen LogP contribution is 2.31. The summed E-state index contributed by atoms with van der Waals surface area (Å²) in [6.07, 6.45) is 0. The molecule has 6 nitrogen and oxygen atoms in total. The highest BCUT2D eigenvalue weighted by molar-refractivity contribution is 7.92. The summed E-state index contributed by atoms with van der Waals surface area (Å²) in [5.74, 6) is -0.591. The number of nitrogens with zero attached hydrogens (tertiary/aromatic N) is 2. The number of sulfonamides is 1. The van der Waals surface area contributed by atoms with Gasteiger partial charge in [-0.25, -0.2) is 22.8 Å². The fraction of sp³-hybridized carbons (Fsp3) is 0. The molecule has 31 heavy (non-hydrogen) atoms. The van der Waals surface area contributed by atoms with E-state index in [1.54, 1.807) is 24.3 Å². The summed E-state index contributed by atoms with van der Waals surface area (Å²) in [6, 6.07) is 15.0. The van der Waals surface area contributed by atoms with Crippen LogP contribution in [0.1, 0.15) is 0 Å². The molecule has 158 valence electrons. The van der Waals surface area contributed by atoms with Gasteiger partial charge in [0.2, 0.25) is 0 Å². The van der Waals surface area contributed by atoms with Crippen molar-refractivity contribution in [3.8, 4) is 0 Å². The molecule has 0 spiro atoms. The zero-order valence-corrected chi connectivity index (χ0v) is 18.5. The Bertz CT molecular complexity index is 1420. The second kappa shape index (κ2) is 8.47. The van der Waals surface area contributed by atoms with Gasteiger partial charge < -0.3 is 5.32 Å². The Morgan fingerprint density at radius 1 is 0.806 bits per heavy atom. The molecule has 0 amide bonds. The highest BCUT2D eigenvalue weighted by Gasteiger charge is 2.22. The molecule has 0 aliphatic heterocycles. The largest absolute Gasteiger partial charge is 0.337 e. The van der Waals surface area contributed by atoms with Crippen molar-refractivity contribution in [1.82, 2.24) is 9.97 Å². The third-order valence-electron chi connectivity index (χ3n) is 4.17. The first-order chi connectivity index (χ1) is 14.7. The number of rotatable bonds is 5. The van der Waals surface area contributed by atoms with Crippen molar-refractivity contribution in [3.63, 3.8) is 0 Å². The Hall–Kier alpha value is -2.65. The van der Waals surface area contributed by atoms with Crippen LogP contribution in [0.3, 0.4) is 0 Å². The molecule has 0 aliphatic carbocycles. The normalized spacial score (nSPS) is 11.5. The zero-order valence-electron chi connectivity index (χ0n) is 15.4. The molecule has 3 aromatic carbocycles. The van der Waals surface area contributed by atoms with E-state index in [1.165, 1.54) is 36.4 Å². The van der Waals surface area contributed by atoms with E-state index in [0.717, 1.165) is 0 Å². The van der Waals surface area contributed by atoms with E-state index in [1.807, 2.05) is 0 Å². The second-order valence-electron chi connectivity index (χ2n) is 6.34. The van der Waals surface area contributed by atoms with E-state index in [9.17, 15) is 12.8 Å². The number of nitrogens with one attached hydrogen (secondary N) is 2. The fourth-order valence-corrected chi connectivity index (χ4v) is 4.69. The number of fused-ring (bicyclic) bond motifs is 1. The van der Waals surface area contributed by atoms with E-state index >= 15 is 0 Å². The molecule has 11 heteroatoms. The molecule has 0 saturated heterocycles. The minimum Gasteiger partial charge on any atom is -0.337 e. The molecule has 4 aromatic rings. The highest BCUT2D eigenvalue weighted by atomic mass is 35.5. The number of para-hydroxylation sites is 2. The van der Waals surface area contributed by atoms with Crippen LogP contribution in [0.25, 0.3) is 11.0 Å². The Morgan fingerprint density at radius 3 is 2.16 bits per heavy atom. The summed E-state index contributed by atoms with van der Waals surface area (Å²) in [5, 5.41) is 3.01. The predicted molar refractivity (Wildman–Crippen MR) is 122 cm³/mol. The van der Waals surface area contributed by atoms with E-state index in [2.05, 4.69) is 20.0 Å². The average Bonchev–Trinajstić information content (AvgIpc) is 2.72. The molecule has 1 heterocycles.